The molecule has 0 saturated heterocycles. The van der Waals surface area contributed by atoms with Gasteiger partial charge in [-0.15, -0.1) is 0 Å². The number of rotatable bonds is 6. The molecule has 1 heterocycles. The Hall–Kier alpha value is -3.74. The number of aromatic nitrogens is 2. The van der Waals surface area contributed by atoms with E-state index in [9.17, 15) is 9.59 Å². The number of esters is 1. The second-order valence-electron chi connectivity index (χ2n) is 5.72. The molecule has 7 heteroatoms. The first-order valence-corrected chi connectivity index (χ1v) is 8.21. The zero-order valence-corrected chi connectivity index (χ0v) is 14.9. The van der Waals surface area contributed by atoms with Crippen molar-refractivity contribution >= 4 is 34.9 Å². The normalized spacial score (nSPS) is 10.1. The largest absolute Gasteiger partial charge is 0.465 e. The van der Waals surface area contributed by atoms with Crippen molar-refractivity contribution in [2.45, 2.75) is 6.92 Å². The van der Waals surface area contributed by atoms with E-state index in [0.717, 1.165) is 11.4 Å². The Morgan fingerprint density at radius 3 is 2.04 bits per heavy atom. The van der Waals surface area contributed by atoms with E-state index in [1.165, 1.54) is 14.0 Å². The quantitative estimate of drug-likeness (QED) is 0.506. The highest BCUT2D eigenvalue weighted by Crippen LogP contribution is 2.19. The molecule has 0 saturated carbocycles. The van der Waals surface area contributed by atoms with Crippen molar-refractivity contribution in [1.82, 2.24) is 9.97 Å². The van der Waals surface area contributed by atoms with Crippen LogP contribution in [0.25, 0.3) is 0 Å². The predicted molar refractivity (Wildman–Crippen MR) is 103 cm³/mol. The highest BCUT2D eigenvalue weighted by atomic mass is 16.5. The molecule has 2 aromatic carbocycles. The Labute approximate surface area is 156 Å². The number of ether oxygens (including phenoxy) is 1. The number of carbonyl (C=O) groups is 2. The molecule has 0 unspecified atom stereocenters. The van der Waals surface area contributed by atoms with E-state index >= 15 is 0 Å². The van der Waals surface area contributed by atoms with Crippen LogP contribution in [0.4, 0.5) is 23.1 Å². The molecule has 2 N–H and O–H groups in total. The Morgan fingerprint density at radius 2 is 1.44 bits per heavy atom. The van der Waals surface area contributed by atoms with E-state index in [1.807, 2.05) is 0 Å². The molecule has 27 heavy (non-hydrogen) atoms. The van der Waals surface area contributed by atoms with Crippen LogP contribution in [0.15, 0.2) is 60.8 Å². The summed E-state index contributed by atoms with van der Waals surface area (Å²) in [4.78, 5) is 31.4. The van der Waals surface area contributed by atoms with Gasteiger partial charge < -0.3 is 15.4 Å². The number of ketones is 1. The van der Waals surface area contributed by atoms with Crippen molar-refractivity contribution in [2.24, 2.45) is 0 Å². The standard InChI is InChI=1S/C20H18N4O3/c1-13(25)14-3-7-17(8-4-14)23-20-21-12-11-18(24-20)22-16-9-5-15(6-10-16)19(26)27-2/h3-12H,1-2H3,(H2,21,22,23,24). The molecule has 0 amide bonds. The minimum Gasteiger partial charge on any atom is -0.465 e. The highest BCUT2D eigenvalue weighted by Gasteiger charge is 2.06. The number of nitrogens with zero attached hydrogens (tertiary/aromatic N) is 2. The molecule has 0 radical (unpaired) electrons. The lowest BCUT2D eigenvalue weighted by Crippen LogP contribution is -2.02. The fourth-order valence-corrected chi connectivity index (χ4v) is 2.36. The fourth-order valence-electron chi connectivity index (χ4n) is 2.36. The van der Waals surface area contributed by atoms with Gasteiger partial charge in [-0.05, 0) is 61.5 Å². The summed E-state index contributed by atoms with van der Waals surface area (Å²) >= 11 is 0. The molecule has 0 bridgehead atoms. The third-order valence-electron chi connectivity index (χ3n) is 3.78. The van der Waals surface area contributed by atoms with Crippen LogP contribution >= 0.6 is 0 Å². The van der Waals surface area contributed by atoms with Gasteiger partial charge in [-0.1, -0.05) is 0 Å². The number of hydrogen-bond donors (Lipinski definition) is 2. The Morgan fingerprint density at radius 1 is 0.852 bits per heavy atom. The van der Waals surface area contributed by atoms with Gasteiger partial charge in [-0.2, -0.15) is 4.98 Å². The van der Waals surface area contributed by atoms with E-state index in [1.54, 1.807) is 60.8 Å². The predicted octanol–water partition coefficient (Wildman–Crippen LogP) is 3.95. The van der Waals surface area contributed by atoms with Crippen LogP contribution in [0.5, 0.6) is 0 Å². The van der Waals surface area contributed by atoms with Gasteiger partial charge in [0.25, 0.3) is 0 Å². The minimum atomic E-state index is -0.383. The van der Waals surface area contributed by atoms with E-state index < -0.39 is 0 Å². The van der Waals surface area contributed by atoms with Crippen molar-refractivity contribution in [3.05, 3.63) is 71.9 Å². The second kappa shape index (κ2) is 8.09. The first kappa shape index (κ1) is 18.1. The molecule has 1 aromatic heterocycles. The third-order valence-corrected chi connectivity index (χ3v) is 3.78. The van der Waals surface area contributed by atoms with E-state index in [4.69, 9.17) is 0 Å². The van der Waals surface area contributed by atoms with Crippen LogP contribution in [0.3, 0.4) is 0 Å². The number of nitrogens with one attached hydrogen (secondary N) is 2. The summed E-state index contributed by atoms with van der Waals surface area (Å²) in [5.74, 6) is 0.647. The second-order valence-corrected chi connectivity index (χ2v) is 5.72. The first-order chi connectivity index (χ1) is 13.0. The number of hydrogen-bond acceptors (Lipinski definition) is 7. The van der Waals surface area contributed by atoms with Crippen molar-refractivity contribution in [1.29, 1.82) is 0 Å². The number of Topliss-reactive ketones (excluding diaryl/α,β-unsaturated/α-hetero) is 1. The van der Waals surface area contributed by atoms with Crippen LogP contribution in [-0.4, -0.2) is 28.8 Å². The molecular formula is C20H18N4O3. The number of carbonyl (C=O) groups excluding carboxylic acids is 2. The Balaban J connectivity index is 1.70. The lowest BCUT2D eigenvalue weighted by molar-refractivity contribution is 0.0600. The smallest absolute Gasteiger partial charge is 0.337 e. The van der Waals surface area contributed by atoms with Crippen LogP contribution in [0.1, 0.15) is 27.6 Å². The molecule has 0 aliphatic carbocycles. The zero-order valence-electron chi connectivity index (χ0n) is 14.9. The number of methoxy groups -OCH3 is 1. The van der Waals surface area contributed by atoms with Crippen LogP contribution < -0.4 is 10.6 Å². The summed E-state index contributed by atoms with van der Waals surface area (Å²) in [5.41, 5.74) is 2.67. The summed E-state index contributed by atoms with van der Waals surface area (Å²) in [5, 5.41) is 6.24. The molecule has 3 aromatic rings. The SMILES string of the molecule is COC(=O)c1ccc(Nc2ccnc(Nc3ccc(C(C)=O)cc3)n2)cc1. The van der Waals surface area contributed by atoms with Gasteiger partial charge >= 0.3 is 5.97 Å². The molecule has 0 aliphatic heterocycles. The van der Waals surface area contributed by atoms with Gasteiger partial charge in [-0.3, -0.25) is 4.79 Å². The van der Waals surface area contributed by atoms with Crippen molar-refractivity contribution in [3.63, 3.8) is 0 Å². The van der Waals surface area contributed by atoms with Crippen molar-refractivity contribution < 1.29 is 14.3 Å². The highest BCUT2D eigenvalue weighted by molar-refractivity contribution is 5.94. The average Bonchev–Trinajstić information content (AvgIpc) is 2.68. The van der Waals surface area contributed by atoms with Gasteiger partial charge in [0.1, 0.15) is 5.82 Å². The average molecular weight is 362 g/mol. The minimum absolute atomic E-state index is 0.0159. The lowest BCUT2D eigenvalue weighted by atomic mass is 10.1. The van der Waals surface area contributed by atoms with E-state index in [2.05, 4.69) is 25.3 Å². The number of benzene rings is 2. The van der Waals surface area contributed by atoms with Crippen LogP contribution in [-0.2, 0) is 4.74 Å². The van der Waals surface area contributed by atoms with Crippen molar-refractivity contribution in [3.8, 4) is 0 Å². The lowest BCUT2D eigenvalue weighted by Gasteiger charge is -2.09. The maximum atomic E-state index is 11.5. The first-order valence-electron chi connectivity index (χ1n) is 8.21. The van der Waals surface area contributed by atoms with E-state index in [-0.39, 0.29) is 11.8 Å². The molecule has 0 spiro atoms. The zero-order chi connectivity index (χ0) is 19.2. The molecule has 0 fully saturated rings. The Bertz CT molecular complexity index is 954. The van der Waals surface area contributed by atoms with Crippen LogP contribution in [0, 0.1) is 0 Å². The molecule has 0 aliphatic rings. The Kier molecular flexibility index (Phi) is 5.41. The molecule has 3 rings (SSSR count). The van der Waals surface area contributed by atoms with Gasteiger partial charge in [0.15, 0.2) is 5.78 Å². The molecule has 136 valence electrons. The van der Waals surface area contributed by atoms with Gasteiger partial charge in [-0.25, -0.2) is 9.78 Å². The summed E-state index contributed by atoms with van der Waals surface area (Å²) < 4.78 is 4.68. The topological polar surface area (TPSA) is 93.2 Å². The van der Waals surface area contributed by atoms with Crippen LogP contribution in [0.2, 0.25) is 0 Å². The maximum absolute atomic E-state index is 11.5. The maximum Gasteiger partial charge on any atom is 0.337 e. The summed E-state index contributed by atoms with van der Waals surface area (Å²) in [6, 6.07) is 15.7. The summed E-state index contributed by atoms with van der Waals surface area (Å²) in [6.45, 7) is 1.53. The number of anilines is 4. The fraction of sp³-hybridized carbons (Fsp3) is 0.100. The van der Waals surface area contributed by atoms with Gasteiger partial charge in [0.05, 0.1) is 12.7 Å². The van der Waals surface area contributed by atoms with Gasteiger partial charge in [0, 0.05) is 23.1 Å². The van der Waals surface area contributed by atoms with Gasteiger partial charge in [0.2, 0.25) is 5.95 Å². The van der Waals surface area contributed by atoms with Crippen molar-refractivity contribution in [2.75, 3.05) is 17.7 Å². The molecule has 7 nitrogen and oxygen atoms in total. The molecule has 0 atom stereocenters. The third kappa shape index (κ3) is 4.66. The monoisotopic (exact) mass is 362 g/mol. The molecular weight excluding hydrogens is 344 g/mol. The van der Waals surface area contributed by atoms with E-state index in [0.29, 0.717) is 22.9 Å². The summed E-state index contributed by atoms with van der Waals surface area (Å²) in [7, 11) is 1.34. The summed E-state index contributed by atoms with van der Waals surface area (Å²) in [6.07, 6.45) is 1.63.